The summed E-state index contributed by atoms with van der Waals surface area (Å²) < 4.78 is 5.76. The standard InChI is InChI=1S/C10H15N3O4.2ClH/c1-7-12-17-9(16)13(7)6-4-3-5-10(2,11)8(14)15;;/h3-4H,5-6,11H2,1-2H3,(H,14,15);2*1H/b4-3+;;/t10-;;/m0../s1. The minimum absolute atomic E-state index is 0. The number of halogens is 2. The van der Waals surface area contributed by atoms with Gasteiger partial charge in [-0.25, -0.2) is 4.79 Å². The van der Waals surface area contributed by atoms with Crippen LogP contribution in [0.5, 0.6) is 0 Å². The van der Waals surface area contributed by atoms with Crippen molar-refractivity contribution in [3.63, 3.8) is 0 Å². The van der Waals surface area contributed by atoms with Gasteiger partial charge in [-0.3, -0.25) is 13.9 Å². The fourth-order valence-electron chi connectivity index (χ4n) is 1.14. The lowest BCUT2D eigenvalue weighted by Crippen LogP contribution is -2.44. The number of carboxylic acid groups (broad SMARTS) is 1. The Labute approximate surface area is 122 Å². The molecule has 110 valence electrons. The molecule has 0 bridgehead atoms. The number of nitrogens with two attached hydrogens (primary N) is 1. The zero-order valence-corrected chi connectivity index (χ0v) is 12.2. The minimum atomic E-state index is -1.30. The summed E-state index contributed by atoms with van der Waals surface area (Å²) in [5.41, 5.74) is 4.23. The number of hydrogen-bond donors (Lipinski definition) is 2. The minimum Gasteiger partial charge on any atom is -0.480 e. The third-order valence-electron chi connectivity index (χ3n) is 2.35. The summed E-state index contributed by atoms with van der Waals surface area (Å²) in [6.45, 7) is 3.35. The Morgan fingerprint density at radius 3 is 2.53 bits per heavy atom. The van der Waals surface area contributed by atoms with Crippen LogP contribution in [-0.4, -0.2) is 26.3 Å². The third-order valence-corrected chi connectivity index (χ3v) is 2.35. The van der Waals surface area contributed by atoms with Crippen LogP contribution < -0.4 is 11.5 Å². The highest BCUT2D eigenvalue weighted by atomic mass is 35.5. The van der Waals surface area contributed by atoms with Gasteiger partial charge in [0.05, 0.1) is 0 Å². The van der Waals surface area contributed by atoms with Crippen molar-refractivity contribution in [2.24, 2.45) is 5.73 Å². The van der Waals surface area contributed by atoms with E-state index in [1.54, 1.807) is 19.1 Å². The molecule has 0 saturated heterocycles. The Morgan fingerprint density at radius 1 is 1.53 bits per heavy atom. The summed E-state index contributed by atoms with van der Waals surface area (Å²) in [6, 6.07) is 0. The lowest BCUT2D eigenvalue weighted by Gasteiger charge is -2.16. The maximum atomic E-state index is 11.1. The molecule has 0 unspecified atom stereocenters. The number of carboxylic acids is 1. The molecular formula is C10H17Cl2N3O4. The van der Waals surface area contributed by atoms with Gasteiger partial charge in [-0.1, -0.05) is 17.3 Å². The number of aryl methyl sites for hydroxylation is 1. The zero-order valence-electron chi connectivity index (χ0n) is 10.5. The highest BCUT2D eigenvalue weighted by molar-refractivity contribution is 5.85. The molecule has 0 amide bonds. The van der Waals surface area contributed by atoms with Crippen LogP contribution in [0.1, 0.15) is 19.2 Å². The molecular weight excluding hydrogens is 297 g/mol. The Kier molecular flexibility index (Phi) is 8.41. The van der Waals surface area contributed by atoms with Gasteiger partial charge < -0.3 is 10.8 Å². The Morgan fingerprint density at radius 2 is 2.11 bits per heavy atom. The van der Waals surface area contributed by atoms with Crippen LogP contribution in [0.3, 0.4) is 0 Å². The molecule has 0 fully saturated rings. The van der Waals surface area contributed by atoms with Crippen molar-refractivity contribution in [3.05, 3.63) is 28.5 Å². The summed E-state index contributed by atoms with van der Waals surface area (Å²) in [7, 11) is 0. The van der Waals surface area contributed by atoms with Crippen molar-refractivity contribution < 1.29 is 14.4 Å². The van der Waals surface area contributed by atoms with Crippen LogP contribution >= 0.6 is 24.8 Å². The fourth-order valence-corrected chi connectivity index (χ4v) is 1.14. The van der Waals surface area contributed by atoms with E-state index in [4.69, 9.17) is 10.8 Å². The zero-order chi connectivity index (χ0) is 13.1. The average Bonchev–Trinajstić information content (AvgIpc) is 2.54. The molecule has 1 aromatic rings. The Bertz CT molecular complexity index is 493. The van der Waals surface area contributed by atoms with E-state index < -0.39 is 17.3 Å². The summed E-state index contributed by atoms with van der Waals surface area (Å²) in [6.07, 6.45) is 3.45. The van der Waals surface area contributed by atoms with Crippen LogP contribution in [0.4, 0.5) is 0 Å². The van der Waals surface area contributed by atoms with Crippen molar-refractivity contribution in [1.82, 2.24) is 9.72 Å². The van der Waals surface area contributed by atoms with Crippen LogP contribution in [-0.2, 0) is 11.3 Å². The van der Waals surface area contributed by atoms with Crippen molar-refractivity contribution in [3.8, 4) is 0 Å². The largest absolute Gasteiger partial charge is 0.480 e. The molecule has 0 saturated carbocycles. The highest BCUT2D eigenvalue weighted by Crippen LogP contribution is 2.06. The quantitative estimate of drug-likeness (QED) is 0.775. The third kappa shape index (κ3) is 5.46. The molecule has 1 heterocycles. The maximum absolute atomic E-state index is 11.1. The molecule has 0 aliphatic rings. The lowest BCUT2D eigenvalue weighted by atomic mass is 10.00. The number of rotatable bonds is 5. The second kappa shape index (κ2) is 7.98. The van der Waals surface area contributed by atoms with E-state index in [-0.39, 0.29) is 37.8 Å². The van der Waals surface area contributed by atoms with Crippen molar-refractivity contribution in [2.45, 2.75) is 32.4 Å². The number of aliphatic carboxylic acids is 1. The van der Waals surface area contributed by atoms with E-state index in [1.807, 2.05) is 0 Å². The van der Waals surface area contributed by atoms with Crippen molar-refractivity contribution >= 4 is 30.8 Å². The van der Waals surface area contributed by atoms with Gasteiger partial charge in [0, 0.05) is 6.54 Å². The summed E-state index contributed by atoms with van der Waals surface area (Å²) >= 11 is 0. The van der Waals surface area contributed by atoms with Crippen LogP contribution in [0.25, 0.3) is 0 Å². The molecule has 19 heavy (non-hydrogen) atoms. The van der Waals surface area contributed by atoms with Gasteiger partial charge in [0.2, 0.25) is 0 Å². The van der Waals surface area contributed by atoms with E-state index >= 15 is 0 Å². The van der Waals surface area contributed by atoms with Gasteiger partial charge in [0.25, 0.3) is 0 Å². The maximum Gasteiger partial charge on any atom is 0.441 e. The predicted octanol–water partition coefficient (Wildman–Crippen LogP) is 0.737. The fraction of sp³-hybridized carbons (Fsp3) is 0.500. The summed E-state index contributed by atoms with van der Waals surface area (Å²) in [4.78, 5) is 21.8. The Balaban J connectivity index is 0. The molecule has 3 N–H and O–H groups in total. The molecule has 0 radical (unpaired) electrons. The lowest BCUT2D eigenvalue weighted by molar-refractivity contribution is -0.142. The molecule has 9 heteroatoms. The number of allylic oxidation sites excluding steroid dienone is 1. The van der Waals surface area contributed by atoms with Crippen LogP contribution in [0.15, 0.2) is 21.5 Å². The number of nitrogens with zero attached hydrogens (tertiary/aromatic N) is 2. The molecule has 0 aliphatic carbocycles. The molecule has 7 nitrogen and oxygen atoms in total. The van der Waals surface area contributed by atoms with Gasteiger partial charge in [-0.2, -0.15) is 0 Å². The average molecular weight is 314 g/mol. The first-order valence-corrected chi connectivity index (χ1v) is 5.05. The summed E-state index contributed by atoms with van der Waals surface area (Å²) in [5.74, 6) is -1.14. The van der Waals surface area contributed by atoms with Crippen LogP contribution in [0.2, 0.25) is 0 Å². The first-order valence-electron chi connectivity index (χ1n) is 5.05. The van der Waals surface area contributed by atoms with Crippen LogP contribution in [0, 0.1) is 6.92 Å². The molecule has 1 rings (SSSR count). The monoisotopic (exact) mass is 313 g/mol. The second-order valence-electron chi connectivity index (χ2n) is 4.00. The normalized spacial score (nSPS) is 13.4. The molecule has 0 aliphatic heterocycles. The second-order valence-corrected chi connectivity index (χ2v) is 4.00. The topological polar surface area (TPSA) is 111 Å². The number of aromatic nitrogens is 2. The van der Waals surface area contributed by atoms with E-state index in [0.717, 1.165) is 0 Å². The SMILES string of the molecule is Cc1noc(=O)n1C/C=C/C[C@](C)(N)C(=O)O.Cl.Cl. The smallest absolute Gasteiger partial charge is 0.441 e. The van der Waals surface area contributed by atoms with Gasteiger partial charge in [-0.05, 0) is 20.3 Å². The molecule has 1 atom stereocenters. The number of carbonyl (C=O) groups is 1. The van der Waals surface area contributed by atoms with E-state index in [9.17, 15) is 9.59 Å². The van der Waals surface area contributed by atoms with E-state index in [0.29, 0.717) is 5.82 Å². The molecule has 0 aromatic carbocycles. The first kappa shape index (κ1) is 20.0. The predicted molar refractivity (Wildman–Crippen MR) is 74.0 cm³/mol. The highest BCUT2D eigenvalue weighted by Gasteiger charge is 2.25. The summed E-state index contributed by atoms with van der Waals surface area (Å²) in [5, 5.41) is 12.3. The first-order chi connectivity index (χ1) is 7.84. The van der Waals surface area contributed by atoms with Gasteiger partial charge in [0.15, 0.2) is 5.82 Å². The molecule has 1 aromatic heterocycles. The van der Waals surface area contributed by atoms with Crippen molar-refractivity contribution in [2.75, 3.05) is 0 Å². The molecule has 0 spiro atoms. The van der Waals surface area contributed by atoms with Gasteiger partial charge in [-0.15, -0.1) is 24.8 Å². The van der Waals surface area contributed by atoms with E-state index in [1.165, 1.54) is 11.5 Å². The number of hydrogen-bond acceptors (Lipinski definition) is 5. The Hall–Kier alpha value is -1.31. The van der Waals surface area contributed by atoms with Gasteiger partial charge in [0.1, 0.15) is 5.54 Å². The van der Waals surface area contributed by atoms with E-state index in [2.05, 4.69) is 9.68 Å². The van der Waals surface area contributed by atoms with Crippen molar-refractivity contribution in [1.29, 1.82) is 0 Å². The van der Waals surface area contributed by atoms with Gasteiger partial charge >= 0.3 is 11.7 Å².